The van der Waals surface area contributed by atoms with Gasteiger partial charge in [0.15, 0.2) is 5.78 Å². The summed E-state index contributed by atoms with van der Waals surface area (Å²) in [5, 5.41) is 0.860. The smallest absolute Gasteiger partial charge is 0.336 e. The molecule has 3 aromatic rings. The van der Waals surface area contributed by atoms with Crippen LogP contribution in [0.25, 0.3) is 11.0 Å². The van der Waals surface area contributed by atoms with Crippen LogP contribution in [0.5, 0.6) is 5.75 Å². The van der Waals surface area contributed by atoms with Gasteiger partial charge in [-0.3, -0.25) is 4.79 Å². The van der Waals surface area contributed by atoms with Crippen LogP contribution in [0.2, 0.25) is 0 Å². The molecule has 1 heterocycles. The molecule has 0 saturated carbocycles. The number of benzene rings is 2. The SMILES string of the molecule is COc1ccc2oc(=O)ccc2c1.O=C1c2cccc1c2. The second kappa shape index (κ2) is 5.25. The van der Waals surface area contributed by atoms with E-state index in [1.54, 1.807) is 25.3 Å². The highest BCUT2D eigenvalue weighted by Crippen LogP contribution is 2.19. The maximum atomic E-state index is 10.8. The first-order valence-electron chi connectivity index (χ1n) is 6.40. The minimum Gasteiger partial charge on any atom is -0.497 e. The van der Waals surface area contributed by atoms with Crippen LogP contribution in [0, 0.1) is 0 Å². The minimum atomic E-state index is -0.335. The lowest BCUT2D eigenvalue weighted by Gasteiger charge is -2.10. The molecule has 0 saturated heterocycles. The van der Waals surface area contributed by atoms with Crippen LogP contribution >= 0.6 is 0 Å². The van der Waals surface area contributed by atoms with Crippen molar-refractivity contribution in [2.24, 2.45) is 0 Å². The Morgan fingerprint density at radius 2 is 1.67 bits per heavy atom. The lowest BCUT2D eigenvalue weighted by molar-refractivity contribution is 0.102. The molecule has 5 rings (SSSR count). The third-order valence-electron chi connectivity index (χ3n) is 3.21. The summed E-state index contributed by atoms with van der Waals surface area (Å²) in [7, 11) is 1.60. The molecule has 0 N–H and O–H groups in total. The van der Waals surface area contributed by atoms with E-state index in [2.05, 4.69) is 0 Å². The van der Waals surface area contributed by atoms with E-state index >= 15 is 0 Å². The molecule has 4 heteroatoms. The Morgan fingerprint density at radius 3 is 2.24 bits per heavy atom. The Bertz CT molecular complexity index is 848. The van der Waals surface area contributed by atoms with E-state index in [1.165, 1.54) is 6.07 Å². The van der Waals surface area contributed by atoms with Gasteiger partial charge in [0, 0.05) is 22.6 Å². The molecule has 2 bridgehead atoms. The molecule has 104 valence electrons. The van der Waals surface area contributed by atoms with Crippen molar-refractivity contribution in [2.75, 3.05) is 7.11 Å². The van der Waals surface area contributed by atoms with Crippen LogP contribution < -0.4 is 10.4 Å². The van der Waals surface area contributed by atoms with Crippen LogP contribution in [0.1, 0.15) is 15.9 Å². The first kappa shape index (κ1) is 13.1. The summed E-state index contributed by atoms with van der Waals surface area (Å²) < 4.78 is 9.98. The van der Waals surface area contributed by atoms with Gasteiger partial charge in [-0.2, -0.15) is 0 Å². The molecule has 0 radical (unpaired) electrons. The Labute approximate surface area is 120 Å². The van der Waals surface area contributed by atoms with Crippen molar-refractivity contribution in [3.8, 4) is 5.75 Å². The van der Waals surface area contributed by atoms with Gasteiger partial charge in [0.1, 0.15) is 11.3 Å². The van der Waals surface area contributed by atoms with E-state index in [-0.39, 0.29) is 11.4 Å². The van der Waals surface area contributed by atoms with Gasteiger partial charge in [-0.05, 0) is 30.3 Å². The van der Waals surface area contributed by atoms with Crippen LogP contribution in [-0.4, -0.2) is 12.9 Å². The Morgan fingerprint density at radius 1 is 0.905 bits per heavy atom. The summed E-state index contributed by atoms with van der Waals surface area (Å²) in [6, 6.07) is 15.8. The summed E-state index contributed by atoms with van der Waals surface area (Å²) in [4.78, 5) is 21.5. The highest BCUT2D eigenvalue weighted by Gasteiger charge is 2.17. The van der Waals surface area contributed by atoms with Crippen molar-refractivity contribution in [3.05, 3.63) is 76.1 Å². The molecule has 0 unspecified atom stereocenters. The Balaban J connectivity index is 0.000000140. The number of carbonyl (C=O) groups is 1. The van der Waals surface area contributed by atoms with E-state index < -0.39 is 0 Å². The zero-order valence-corrected chi connectivity index (χ0v) is 11.3. The highest BCUT2D eigenvalue weighted by molar-refractivity contribution is 6.16. The number of hydrogen-bond donors (Lipinski definition) is 0. The van der Waals surface area contributed by atoms with Crippen molar-refractivity contribution >= 4 is 16.8 Å². The second-order valence-electron chi connectivity index (χ2n) is 4.57. The van der Waals surface area contributed by atoms with Gasteiger partial charge in [-0.1, -0.05) is 18.2 Å². The quantitative estimate of drug-likeness (QED) is 0.503. The Hall–Kier alpha value is -2.88. The first-order chi connectivity index (χ1) is 10.2. The van der Waals surface area contributed by atoms with Gasteiger partial charge in [-0.25, -0.2) is 4.79 Å². The zero-order valence-electron chi connectivity index (χ0n) is 11.3. The van der Waals surface area contributed by atoms with Crippen molar-refractivity contribution in [1.82, 2.24) is 0 Å². The standard InChI is InChI=1S/C10H8O3.C7H4O/c1-12-8-3-4-9-7(6-8)2-5-10(11)13-9;8-7-5-2-1-3-6(7)4-5/h2-6H,1H3;1-4H. The van der Waals surface area contributed by atoms with Gasteiger partial charge >= 0.3 is 5.63 Å². The lowest BCUT2D eigenvalue weighted by Crippen LogP contribution is -2.10. The van der Waals surface area contributed by atoms with Crippen molar-refractivity contribution in [1.29, 1.82) is 0 Å². The lowest BCUT2D eigenvalue weighted by atomic mass is 9.92. The van der Waals surface area contributed by atoms with E-state index in [0.29, 0.717) is 5.58 Å². The summed E-state index contributed by atoms with van der Waals surface area (Å²) in [5.41, 5.74) is 1.94. The largest absolute Gasteiger partial charge is 0.497 e. The third kappa shape index (κ3) is 2.56. The first-order valence-corrected chi connectivity index (χ1v) is 6.40. The number of carbonyl (C=O) groups excluding carboxylic acids is 1. The van der Waals surface area contributed by atoms with Gasteiger partial charge in [-0.15, -0.1) is 0 Å². The second-order valence-corrected chi connectivity index (χ2v) is 4.57. The molecule has 4 nitrogen and oxygen atoms in total. The van der Waals surface area contributed by atoms with Gasteiger partial charge in [0.2, 0.25) is 0 Å². The fraction of sp³-hybridized carbons (Fsp3) is 0.0588. The molecule has 1 aromatic heterocycles. The molecule has 0 spiro atoms. The number of ether oxygens (including phenoxy) is 1. The summed E-state index contributed by atoms with van der Waals surface area (Å²) in [6.45, 7) is 0. The molecule has 2 aliphatic carbocycles. The van der Waals surface area contributed by atoms with Crippen molar-refractivity contribution in [3.63, 3.8) is 0 Å². The highest BCUT2D eigenvalue weighted by atomic mass is 16.5. The van der Waals surface area contributed by atoms with Crippen LogP contribution in [0.15, 0.2) is 63.8 Å². The number of hydrogen-bond acceptors (Lipinski definition) is 4. The Kier molecular flexibility index (Phi) is 3.28. The third-order valence-corrected chi connectivity index (χ3v) is 3.21. The molecule has 0 aliphatic heterocycles. The zero-order chi connectivity index (χ0) is 14.8. The fourth-order valence-electron chi connectivity index (χ4n) is 2.07. The molecular weight excluding hydrogens is 268 g/mol. The van der Waals surface area contributed by atoms with Crippen molar-refractivity contribution < 1.29 is 13.9 Å². The molecule has 2 aromatic carbocycles. The maximum absolute atomic E-state index is 10.8. The molecule has 2 aliphatic rings. The monoisotopic (exact) mass is 280 g/mol. The molecule has 0 fully saturated rings. The van der Waals surface area contributed by atoms with E-state index in [0.717, 1.165) is 22.3 Å². The average molecular weight is 280 g/mol. The predicted molar refractivity (Wildman–Crippen MR) is 78.9 cm³/mol. The number of rotatable bonds is 1. The summed E-state index contributed by atoms with van der Waals surface area (Å²) >= 11 is 0. The topological polar surface area (TPSA) is 56.5 Å². The van der Waals surface area contributed by atoms with E-state index in [4.69, 9.17) is 9.15 Å². The van der Waals surface area contributed by atoms with Crippen LogP contribution in [0.4, 0.5) is 0 Å². The molecule has 0 atom stereocenters. The van der Waals surface area contributed by atoms with Gasteiger partial charge in [0.25, 0.3) is 0 Å². The fourth-order valence-corrected chi connectivity index (χ4v) is 2.07. The normalized spacial score (nSPS) is 11.4. The van der Waals surface area contributed by atoms with Crippen molar-refractivity contribution in [2.45, 2.75) is 0 Å². The van der Waals surface area contributed by atoms with Crippen LogP contribution in [-0.2, 0) is 0 Å². The van der Waals surface area contributed by atoms with Crippen LogP contribution in [0.3, 0.4) is 0 Å². The van der Waals surface area contributed by atoms with E-state index in [1.807, 2.05) is 30.3 Å². The number of fused-ring (bicyclic) bond motifs is 3. The number of methoxy groups -OCH3 is 1. The van der Waals surface area contributed by atoms with E-state index in [9.17, 15) is 9.59 Å². The number of ketones is 1. The molecular formula is C17H12O4. The maximum Gasteiger partial charge on any atom is 0.336 e. The summed E-state index contributed by atoms with van der Waals surface area (Å²) in [5.74, 6) is 0.953. The average Bonchev–Trinajstić information content (AvgIpc) is 2.55. The van der Waals surface area contributed by atoms with Gasteiger partial charge < -0.3 is 9.15 Å². The summed E-state index contributed by atoms with van der Waals surface area (Å²) in [6.07, 6.45) is 0. The predicted octanol–water partition coefficient (Wildman–Crippen LogP) is 3.03. The minimum absolute atomic E-state index is 0.201. The van der Waals surface area contributed by atoms with Gasteiger partial charge in [0.05, 0.1) is 7.11 Å². The molecule has 0 amide bonds. The molecule has 21 heavy (non-hydrogen) atoms.